The van der Waals surface area contributed by atoms with E-state index in [4.69, 9.17) is 13.7 Å². The minimum absolute atomic E-state index is 0.0576. The van der Waals surface area contributed by atoms with Crippen LogP contribution in [0.3, 0.4) is 0 Å². The van der Waals surface area contributed by atoms with Gasteiger partial charge in [-0.05, 0) is 30.7 Å². The molecule has 0 spiro atoms. The van der Waals surface area contributed by atoms with Gasteiger partial charge in [-0.15, -0.1) is 0 Å². The van der Waals surface area contributed by atoms with Crippen molar-refractivity contribution in [1.29, 1.82) is 0 Å². The molecule has 0 aliphatic heterocycles. The van der Waals surface area contributed by atoms with Gasteiger partial charge in [0.25, 0.3) is 0 Å². The number of oxazole rings is 1. The molecule has 8 heteroatoms. The zero-order chi connectivity index (χ0) is 19.9. The smallest absolute Gasteiger partial charge is 0.311 e. The van der Waals surface area contributed by atoms with Crippen LogP contribution in [0.2, 0.25) is 0 Å². The number of carbonyl (C=O) groups is 1. The Morgan fingerprint density at radius 1 is 1.03 bits per heavy atom. The van der Waals surface area contributed by atoms with Crippen molar-refractivity contribution in [3.05, 3.63) is 72.7 Å². The molecular weight excluding hydrogens is 372 g/mol. The zero-order valence-electron chi connectivity index (χ0n) is 15.5. The third kappa shape index (κ3) is 4.92. The first-order chi connectivity index (χ1) is 14.3. The lowest BCUT2D eigenvalue weighted by Crippen LogP contribution is -2.10. The van der Waals surface area contributed by atoms with Crippen molar-refractivity contribution >= 4 is 5.97 Å². The minimum Gasteiger partial charge on any atom is -0.465 e. The van der Waals surface area contributed by atoms with E-state index < -0.39 is 0 Å². The lowest BCUT2D eigenvalue weighted by molar-refractivity contribution is -0.143. The largest absolute Gasteiger partial charge is 0.465 e. The van der Waals surface area contributed by atoms with Gasteiger partial charge in [0.1, 0.15) is 6.26 Å². The highest BCUT2D eigenvalue weighted by atomic mass is 16.5. The van der Waals surface area contributed by atoms with Crippen LogP contribution in [-0.2, 0) is 22.4 Å². The highest BCUT2D eigenvalue weighted by molar-refractivity contribution is 5.72. The first-order valence-electron chi connectivity index (χ1n) is 9.16. The number of benzene rings is 1. The normalized spacial score (nSPS) is 10.8. The topological polar surface area (TPSA) is 104 Å². The summed E-state index contributed by atoms with van der Waals surface area (Å²) < 4.78 is 15.9. The molecule has 0 unspecified atom stereocenters. The number of rotatable bonds is 8. The third-order valence-corrected chi connectivity index (χ3v) is 4.08. The maximum Gasteiger partial charge on any atom is 0.311 e. The first-order valence-corrected chi connectivity index (χ1v) is 9.16. The summed E-state index contributed by atoms with van der Waals surface area (Å²) in [6.07, 6.45) is 5.98. The fraction of sp³-hybridized carbons (Fsp3) is 0.190. The van der Waals surface area contributed by atoms with Gasteiger partial charge in [-0.1, -0.05) is 23.4 Å². The number of ether oxygens (including phenoxy) is 1. The van der Waals surface area contributed by atoms with Crippen LogP contribution >= 0.6 is 0 Å². The standard InChI is InChI=1S/C21H18N4O4/c26-19(12-17-14-28-21(23-17)15-6-2-1-3-7-15)27-11-5-9-18-24-20(25-29-18)16-8-4-10-22-13-16/h1-4,6-8,10,13-14H,5,9,11-12H2. The molecule has 0 atom stereocenters. The summed E-state index contributed by atoms with van der Waals surface area (Å²) in [5.74, 6) is 1.10. The Hall–Kier alpha value is -3.81. The van der Waals surface area contributed by atoms with Crippen molar-refractivity contribution in [1.82, 2.24) is 20.1 Å². The van der Waals surface area contributed by atoms with E-state index in [1.165, 1.54) is 6.26 Å². The molecule has 0 amide bonds. The number of pyridine rings is 1. The van der Waals surface area contributed by atoms with Gasteiger partial charge in [0.2, 0.25) is 17.6 Å². The van der Waals surface area contributed by atoms with Crippen molar-refractivity contribution in [3.8, 4) is 22.8 Å². The van der Waals surface area contributed by atoms with Crippen LogP contribution in [0.4, 0.5) is 0 Å². The Balaban J connectivity index is 1.21. The lowest BCUT2D eigenvalue weighted by atomic mass is 10.2. The Labute approximate surface area is 166 Å². The van der Waals surface area contributed by atoms with Crippen LogP contribution in [-0.4, -0.2) is 32.7 Å². The molecule has 3 heterocycles. The van der Waals surface area contributed by atoms with Gasteiger partial charge in [-0.2, -0.15) is 4.98 Å². The molecule has 4 rings (SSSR count). The second kappa shape index (κ2) is 8.92. The van der Waals surface area contributed by atoms with Crippen molar-refractivity contribution < 1.29 is 18.5 Å². The number of carbonyl (C=O) groups excluding carboxylic acids is 1. The summed E-state index contributed by atoms with van der Waals surface area (Å²) in [4.78, 5) is 24.7. The third-order valence-electron chi connectivity index (χ3n) is 4.08. The second-order valence-electron chi connectivity index (χ2n) is 6.26. The summed E-state index contributed by atoms with van der Waals surface area (Å²) in [7, 11) is 0. The van der Waals surface area contributed by atoms with Crippen molar-refractivity contribution in [3.63, 3.8) is 0 Å². The molecule has 0 bridgehead atoms. The van der Waals surface area contributed by atoms with Crippen LogP contribution in [0.15, 0.2) is 70.1 Å². The highest BCUT2D eigenvalue weighted by Crippen LogP contribution is 2.18. The fourth-order valence-corrected chi connectivity index (χ4v) is 2.68. The lowest BCUT2D eigenvalue weighted by Gasteiger charge is -2.01. The summed E-state index contributed by atoms with van der Waals surface area (Å²) in [5, 5.41) is 3.93. The molecule has 0 aliphatic rings. The van der Waals surface area contributed by atoms with Gasteiger partial charge in [-0.25, -0.2) is 4.98 Å². The van der Waals surface area contributed by atoms with E-state index in [1.54, 1.807) is 12.4 Å². The van der Waals surface area contributed by atoms with E-state index in [9.17, 15) is 4.79 Å². The van der Waals surface area contributed by atoms with Crippen LogP contribution < -0.4 is 0 Å². The molecule has 1 aromatic carbocycles. The number of aryl methyl sites for hydroxylation is 1. The predicted octanol–water partition coefficient (Wildman–Crippen LogP) is 3.51. The molecule has 0 fully saturated rings. The van der Waals surface area contributed by atoms with Gasteiger partial charge >= 0.3 is 5.97 Å². The molecule has 0 saturated carbocycles. The van der Waals surface area contributed by atoms with Gasteiger partial charge < -0.3 is 13.7 Å². The molecule has 4 aromatic rings. The monoisotopic (exact) mass is 390 g/mol. The number of nitrogens with zero attached hydrogens (tertiary/aromatic N) is 4. The van der Waals surface area contributed by atoms with Gasteiger partial charge in [-0.3, -0.25) is 9.78 Å². The van der Waals surface area contributed by atoms with E-state index >= 15 is 0 Å². The van der Waals surface area contributed by atoms with Crippen molar-refractivity contribution in [2.45, 2.75) is 19.3 Å². The molecule has 146 valence electrons. The molecule has 0 saturated heterocycles. The molecule has 3 aromatic heterocycles. The van der Waals surface area contributed by atoms with Crippen LogP contribution in [0, 0.1) is 0 Å². The van der Waals surface area contributed by atoms with Crippen LogP contribution in [0.25, 0.3) is 22.8 Å². The summed E-state index contributed by atoms with van der Waals surface area (Å²) in [6.45, 7) is 0.257. The summed E-state index contributed by atoms with van der Waals surface area (Å²) in [6, 6.07) is 13.2. The van der Waals surface area contributed by atoms with E-state index in [2.05, 4.69) is 20.1 Å². The second-order valence-corrected chi connectivity index (χ2v) is 6.26. The number of hydrogen-bond donors (Lipinski definition) is 0. The van der Waals surface area contributed by atoms with E-state index in [1.807, 2.05) is 42.5 Å². The maximum absolute atomic E-state index is 12.0. The van der Waals surface area contributed by atoms with E-state index in [0.717, 1.165) is 11.1 Å². The Bertz CT molecular complexity index is 1060. The fourth-order valence-electron chi connectivity index (χ4n) is 2.68. The molecule has 29 heavy (non-hydrogen) atoms. The summed E-state index contributed by atoms with van der Waals surface area (Å²) in [5.41, 5.74) is 2.18. The summed E-state index contributed by atoms with van der Waals surface area (Å²) >= 11 is 0. The van der Waals surface area contributed by atoms with Crippen molar-refractivity contribution in [2.24, 2.45) is 0 Å². The number of esters is 1. The predicted molar refractivity (Wildman–Crippen MR) is 102 cm³/mol. The van der Waals surface area contributed by atoms with Crippen LogP contribution in [0.5, 0.6) is 0 Å². The number of aromatic nitrogens is 4. The quantitative estimate of drug-likeness (QED) is 0.332. The highest BCUT2D eigenvalue weighted by Gasteiger charge is 2.12. The van der Waals surface area contributed by atoms with Gasteiger partial charge in [0.15, 0.2) is 0 Å². The van der Waals surface area contributed by atoms with Crippen LogP contribution in [0.1, 0.15) is 18.0 Å². The molecule has 0 aliphatic carbocycles. The first kappa shape index (κ1) is 18.5. The zero-order valence-corrected chi connectivity index (χ0v) is 15.5. The average molecular weight is 390 g/mol. The molecule has 8 nitrogen and oxygen atoms in total. The minimum atomic E-state index is -0.362. The molecular formula is C21H18N4O4. The Morgan fingerprint density at radius 2 is 1.90 bits per heavy atom. The van der Waals surface area contributed by atoms with Crippen molar-refractivity contribution in [2.75, 3.05) is 6.61 Å². The Morgan fingerprint density at radius 3 is 2.72 bits per heavy atom. The van der Waals surface area contributed by atoms with Gasteiger partial charge in [0, 0.05) is 29.9 Å². The maximum atomic E-state index is 12.0. The number of hydrogen-bond acceptors (Lipinski definition) is 8. The van der Waals surface area contributed by atoms with E-state index in [0.29, 0.717) is 36.1 Å². The van der Waals surface area contributed by atoms with Gasteiger partial charge in [0.05, 0.1) is 18.7 Å². The molecule has 0 N–H and O–H groups in total. The average Bonchev–Trinajstić information content (AvgIpc) is 3.42. The SMILES string of the molecule is O=C(Cc1coc(-c2ccccc2)n1)OCCCc1nc(-c2cccnc2)no1. The van der Waals surface area contributed by atoms with E-state index in [-0.39, 0.29) is 19.0 Å². The molecule has 0 radical (unpaired) electrons. The Kier molecular flexibility index (Phi) is 5.70.